The number of ether oxygens (including phenoxy) is 5. The molecular weight excluding hydrogens is 380 g/mol. The molecule has 0 amide bonds. The van der Waals surface area contributed by atoms with Gasteiger partial charge < -0.3 is 23.7 Å². The number of benzene rings is 1. The molecule has 0 aliphatic rings. The lowest BCUT2D eigenvalue weighted by Gasteiger charge is -2.09. The van der Waals surface area contributed by atoms with Crippen molar-refractivity contribution < 1.29 is 23.7 Å². The largest absolute Gasteiger partial charge is 0.491 e. The average molecular weight is 425 g/mol. The lowest BCUT2D eigenvalue weighted by atomic mass is 10.0. The van der Waals surface area contributed by atoms with Gasteiger partial charge >= 0.3 is 0 Å². The minimum Gasteiger partial charge on any atom is -0.491 e. The fourth-order valence-electron chi connectivity index (χ4n) is 2.96. The zero-order valence-corrected chi connectivity index (χ0v) is 19.5. The molecule has 174 valence electrons. The molecule has 30 heavy (non-hydrogen) atoms. The van der Waals surface area contributed by atoms with Gasteiger partial charge in [0, 0.05) is 0 Å². The van der Waals surface area contributed by atoms with Crippen LogP contribution in [0.25, 0.3) is 0 Å². The van der Waals surface area contributed by atoms with E-state index in [1.165, 1.54) is 44.1 Å². The fraction of sp³-hybridized carbons (Fsp3) is 0.760. The van der Waals surface area contributed by atoms with Crippen LogP contribution in [0.2, 0.25) is 0 Å². The molecule has 5 nitrogen and oxygen atoms in total. The summed E-state index contributed by atoms with van der Waals surface area (Å²) in [7, 11) is 0. The van der Waals surface area contributed by atoms with Gasteiger partial charge in [0.15, 0.2) is 0 Å². The van der Waals surface area contributed by atoms with Crippen molar-refractivity contribution in [2.75, 3.05) is 52.9 Å². The Balaban J connectivity index is 1.88. The molecule has 1 aromatic rings. The van der Waals surface area contributed by atoms with Crippen molar-refractivity contribution >= 4 is 0 Å². The Labute approximate surface area is 184 Å². The number of hydrogen-bond acceptors (Lipinski definition) is 5. The third-order valence-corrected chi connectivity index (χ3v) is 4.66. The lowest BCUT2D eigenvalue weighted by Crippen LogP contribution is -2.14. The SMILES string of the molecule is CCCCCCCCc1ccc(OCCOCCOCCOCCOC(C)C)cc1. The first kappa shape index (κ1) is 26.9. The average Bonchev–Trinajstić information content (AvgIpc) is 2.74. The third-order valence-electron chi connectivity index (χ3n) is 4.66. The monoisotopic (exact) mass is 424 g/mol. The molecule has 0 spiro atoms. The van der Waals surface area contributed by atoms with Gasteiger partial charge in [0.1, 0.15) is 12.4 Å². The van der Waals surface area contributed by atoms with E-state index in [0.29, 0.717) is 52.9 Å². The van der Waals surface area contributed by atoms with E-state index in [4.69, 9.17) is 23.7 Å². The molecule has 0 N–H and O–H groups in total. The van der Waals surface area contributed by atoms with Crippen molar-refractivity contribution in [1.82, 2.24) is 0 Å². The molecule has 1 rings (SSSR count). The van der Waals surface area contributed by atoms with Crippen molar-refractivity contribution in [2.24, 2.45) is 0 Å². The van der Waals surface area contributed by atoms with Gasteiger partial charge in [-0.25, -0.2) is 0 Å². The molecule has 0 aromatic heterocycles. The Bertz CT molecular complexity index is 475. The van der Waals surface area contributed by atoms with Crippen LogP contribution in [0.5, 0.6) is 5.75 Å². The van der Waals surface area contributed by atoms with Crippen molar-refractivity contribution in [3.8, 4) is 5.75 Å². The number of aryl methyl sites for hydroxylation is 1. The molecular formula is C25H44O5. The summed E-state index contributed by atoms with van der Waals surface area (Å²) in [5, 5.41) is 0. The maximum atomic E-state index is 5.73. The summed E-state index contributed by atoms with van der Waals surface area (Å²) < 4.78 is 27.5. The minimum absolute atomic E-state index is 0.250. The normalized spacial score (nSPS) is 11.3. The highest BCUT2D eigenvalue weighted by Gasteiger charge is 1.98. The van der Waals surface area contributed by atoms with Crippen LogP contribution in [0.1, 0.15) is 64.9 Å². The summed E-state index contributed by atoms with van der Waals surface area (Å²) in [4.78, 5) is 0. The van der Waals surface area contributed by atoms with Crippen LogP contribution in [0.15, 0.2) is 24.3 Å². The van der Waals surface area contributed by atoms with Crippen LogP contribution in [0, 0.1) is 0 Å². The Morgan fingerprint density at radius 3 is 1.77 bits per heavy atom. The van der Waals surface area contributed by atoms with Gasteiger partial charge in [0.05, 0.1) is 52.4 Å². The molecule has 0 bridgehead atoms. The highest BCUT2D eigenvalue weighted by atomic mass is 16.6. The first-order valence-electron chi connectivity index (χ1n) is 11.8. The molecule has 0 aliphatic carbocycles. The number of unbranched alkanes of at least 4 members (excludes halogenated alkanes) is 5. The summed E-state index contributed by atoms with van der Waals surface area (Å²) in [6.07, 6.45) is 9.43. The van der Waals surface area contributed by atoms with Crippen LogP contribution in [0.3, 0.4) is 0 Å². The van der Waals surface area contributed by atoms with Crippen LogP contribution in [-0.2, 0) is 25.4 Å². The molecule has 0 saturated carbocycles. The summed E-state index contributed by atoms with van der Waals surface area (Å²) in [5.74, 6) is 0.903. The first-order valence-corrected chi connectivity index (χ1v) is 11.8. The van der Waals surface area contributed by atoms with E-state index < -0.39 is 0 Å². The van der Waals surface area contributed by atoms with Crippen LogP contribution < -0.4 is 4.74 Å². The number of hydrogen-bond donors (Lipinski definition) is 0. The molecule has 1 aromatic carbocycles. The van der Waals surface area contributed by atoms with Gasteiger partial charge in [0.2, 0.25) is 0 Å². The Morgan fingerprint density at radius 1 is 0.633 bits per heavy atom. The molecule has 0 atom stereocenters. The minimum atomic E-state index is 0.250. The second-order valence-corrected chi connectivity index (χ2v) is 7.77. The lowest BCUT2D eigenvalue weighted by molar-refractivity contribution is -0.0134. The van der Waals surface area contributed by atoms with E-state index in [-0.39, 0.29) is 6.10 Å². The predicted molar refractivity (Wildman–Crippen MR) is 123 cm³/mol. The maximum absolute atomic E-state index is 5.73. The van der Waals surface area contributed by atoms with Gasteiger partial charge in [-0.05, 0) is 44.4 Å². The summed E-state index contributed by atoms with van der Waals surface area (Å²) in [6.45, 7) is 10.9. The summed E-state index contributed by atoms with van der Waals surface area (Å²) >= 11 is 0. The van der Waals surface area contributed by atoms with Crippen LogP contribution in [-0.4, -0.2) is 59.0 Å². The smallest absolute Gasteiger partial charge is 0.119 e. The van der Waals surface area contributed by atoms with E-state index in [9.17, 15) is 0 Å². The molecule has 0 radical (unpaired) electrons. The third kappa shape index (κ3) is 16.6. The first-order chi connectivity index (χ1) is 14.7. The maximum Gasteiger partial charge on any atom is 0.119 e. The zero-order valence-electron chi connectivity index (χ0n) is 19.5. The van der Waals surface area contributed by atoms with Crippen molar-refractivity contribution in [3.63, 3.8) is 0 Å². The van der Waals surface area contributed by atoms with Gasteiger partial charge in [-0.2, -0.15) is 0 Å². The standard InChI is InChI=1S/C25H44O5/c1-4-5-6-7-8-9-10-24-11-13-25(14-12-24)30-22-20-28-18-16-26-15-17-27-19-21-29-23(2)3/h11-14,23H,4-10,15-22H2,1-3H3. The zero-order chi connectivity index (χ0) is 21.7. The predicted octanol–water partition coefficient (Wildman–Crippen LogP) is 5.44. The van der Waals surface area contributed by atoms with E-state index in [2.05, 4.69) is 31.2 Å². The van der Waals surface area contributed by atoms with Crippen molar-refractivity contribution in [3.05, 3.63) is 29.8 Å². The highest BCUT2D eigenvalue weighted by Crippen LogP contribution is 2.15. The number of rotatable bonds is 21. The molecule has 0 aliphatic heterocycles. The van der Waals surface area contributed by atoms with Gasteiger partial charge in [-0.1, -0.05) is 51.2 Å². The van der Waals surface area contributed by atoms with Crippen molar-refractivity contribution in [1.29, 1.82) is 0 Å². The van der Waals surface area contributed by atoms with E-state index in [0.717, 1.165) is 12.2 Å². The topological polar surface area (TPSA) is 46.2 Å². The molecule has 5 heteroatoms. The second-order valence-electron chi connectivity index (χ2n) is 7.77. The quantitative estimate of drug-likeness (QED) is 0.246. The Morgan fingerprint density at radius 2 is 1.17 bits per heavy atom. The summed E-state index contributed by atoms with van der Waals surface area (Å²) in [6, 6.07) is 8.46. The molecule has 0 unspecified atom stereocenters. The second kappa shape index (κ2) is 19.8. The Hall–Kier alpha value is -1.14. The Kier molecular flexibility index (Phi) is 17.8. The molecule has 0 heterocycles. The van der Waals surface area contributed by atoms with E-state index in [1.54, 1.807) is 0 Å². The summed E-state index contributed by atoms with van der Waals surface area (Å²) in [5.41, 5.74) is 1.39. The fourth-order valence-corrected chi connectivity index (χ4v) is 2.96. The van der Waals surface area contributed by atoms with Crippen LogP contribution >= 0.6 is 0 Å². The molecule has 0 fully saturated rings. The van der Waals surface area contributed by atoms with Gasteiger partial charge in [-0.3, -0.25) is 0 Å². The van der Waals surface area contributed by atoms with Gasteiger partial charge in [-0.15, -0.1) is 0 Å². The van der Waals surface area contributed by atoms with Gasteiger partial charge in [0.25, 0.3) is 0 Å². The van der Waals surface area contributed by atoms with E-state index >= 15 is 0 Å². The molecule has 0 saturated heterocycles. The highest BCUT2D eigenvalue weighted by molar-refractivity contribution is 5.27. The van der Waals surface area contributed by atoms with E-state index in [1.807, 2.05) is 13.8 Å². The van der Waals surface area contributed by atoms with Crippen LogP contribution in [0.4, 0.5) is 0 Å². The van der Waals surface area contributed by atoms with Crippen molar-refractivity contribution in [2.45, 2.75) is 71.8 Å².